The zero-order valence-corrected chi connectivity index (χ0v) is 25.5. The molecule has 1 aliphatic carbocycles. The maximum Gasteiger partial charge on any atom is 0.407 e. The molecule has 0 aliphatic heterocycles. The van der Waals surface area contributed by atoms with Crippen LogP contribution in [-0.4, -0.2) is 57.6 Å². The number of nitrogens with zero attached hydrogens (tertiary/aromatic N) is 1. The van der Waals surface area contributed by atoms with Crippen LogP contribution in [-0.2, 0) is 24.3 Å². The highest BCUT2D eigenvalue weighted by atomic mass is 32.2. The molecule has 0 heterocycles. The SMILES string of the molecule is COC(=O)[C@H](CCCCNC(=O)OCC1c2ccccc2-c2ccccc21)N(CC(C)C)S(=O)(=O)c1ccc(C)cc1. The number of carbonyl (C=O) groups excluding carboxylic acids is 2. The third-order valence-electron chi connectivity index (χ3n) is 7.51. The van der Waals surface area contributed by atoms with Gasteiger partial charge in [-0.1, -0.05) is 80.1 Å². The van der Waals surface area contributed by atoms with Gasteiger partial charge in [-0.15, -0.1) is 0 Å². The number of carbonyl (C=O) groups is 2. The summed E-state index contributed by atoms with van der Waals surface area (Å²) in [6.07, 6.45) is 0.792. The van der Waals surface area contributed by atoms with E-state index in [1.165, 1.54) is 11.4 Å². The third kappa shape index (κ3) is 7.20. The average Bonchev–Trinajstić information content (AvgIpc) is 3.30. The molecule has 9 heteroatoms. The lowest BCUT2D eigenvalue weighted by Gasteiger charge is -2.30. The van der Waals surface area contributed by atoms with E-state index >= 15 is 0 Å². The van der Waals surface area contributed by atoms with Crippen molar-refractivity contribution in [2.24, 2.45) is 5.92 Å². The Morgan fingerprint density at radius 2 is 1.50 bits per heavy atom. The predicted octanol–water partition coefficient (Wildman–Crippen LogP) is 5.89. The van der Waals surface area contributed by atoms with Crippen LogP contribution in [0.2, 0.25) is 0 Å². The number of benzene rings is 3. The molecule has 1 atom stereocenters. The van der Waals surface area contributed by atoms with E-state index < -0.39 is 28.1 Å². The summed E-state index contributed by atoms with van der Waals surface area (Å²) in [5.74, 6) is -0.630. The molecule has 1 aliphatic rings. The van der Waals surface area contributed by atoms with Gasteiger partial charge < -0.3 is 14.8 Å². The number of alkyl carbamates (subject to hydrolysis) is 1. The van der Waals surface area contributed by atoms with Gasteiger partial charge in [0.15, 0.2) is 0 Å². The fourth-order valence-electron chi connectivity index (χ4n) is 5.42. The van der Waals surface area contributed by atoms with Crippen molar-refractivity contribution in [3.8, 4) is 11.1 Å². The van der Waals surface area contributed by atoms with Crippen LogP contribution in [0.3, 0.4) is 0 Å². The third-order valence-corrected chi connectivity index (χ3v) is 9.40. The molecule has 224 valence electrons. The first-order valence-electron chi connectivity index (χ1n) is 14.4. The number of hydrogen-bond acceptors (Lipinski definition) is 6. The normalized spacial score (nSPS) is 13.5. The quantitative estimate of drug-likeness (QED) is 0.196. The fraction of sp³-hybridized carbons (Fsp3) is 0.394. The molecule has 42 heavy (non-hydrogen) atoms. The number of fused-ring (bicyclic) bond motifs is 3. The van der Waals surface area contributed by atoms with E-state index in [9.17, 15) is 18.0 Å². The lowest BCUT2D eigenvalue weighted by Crippen LogP contribution is -2.47. The molecule has 0 spiro atoms. The van der Waals surface area contributed by atoms with E-state index in [1.807, 2.05) is 45.0 Å². The molecule has 0 bridgehead atoms. The highest BCUT2D eigenvalue weighted by Gasteiger charge is 2.36. The molecule has 1 N–H and O–H groups in total. The number of unbranched alkanes of at least 4 members (excludes halogenated alkanes) is 1. The molecule has 0 radical (unpaired) electrons. The summed E-state index contributed by atoms with van der Waals surface area (Å²) in [6, 6.07) is 21.9. The Morgan fingerprint density at radius 3 is 2.07 bits per heavy atom. The van der Waals surface area contributed by atoms with Gasteiger partial charge in [-0.3, -0.25) is 4.79 Å². The summed E-state index contributed by atoms with van der Waals surface area (Å²) in [4.78, 5) is 25.5. The largest absolute Gasteiger partial charge is 0.468 e. The number of nitrogens with one attached hydrogen (secondary N) is 1. The standard InChI is InChI=1S/C33H40N2O6S/c1-23(2)21-35(42(38,39)25-18-16-24(3)17-19-25)31(32(36)40-4)15-9-10-20-34-33(37)41-22-30-28-13-7-5-11-26(28)27-12-6-8-14-29(27)30/h5-8,11-14,16-19,23,30-31H,9-10,15,20-22H2,1-4H3,(H,34,37)/t31-/m0/s1. The van der Waals surface area contributed by atoms with Crippen molar-refractivity contribution >= 4 is 22.1 Å². The monoisotopic (exact) mass is 592 g/mol. The summed E-state index contributed by atoms with van der Waals surface area (Å²) in [7, 11) is -2.67. The molecule has 0 aromatic heterocycles. The van der Waals surface area contributed by atoms with Gasteiger partial charge in [0, 0.05) is 19.0 Å². The summed E-state index contributed by atoms with van der Waals surface area (Å²) < 4.78 is 39.1. The van der Waals surface area contributed by atoms with Gasteiger partial charge in [0.05, 0.1) is 12.0 Å². The van der Waals surface area contributed by atoms with Crippen LogP contribution in [0.15, 0.2) is 77.7 Å². The van der Waals surface area contributed by atoms with E-state index in [2.05, 4.69) is 29.6 Å². The molecule has 1 amide bonds. The Hall–Kier alpha value is -3.69. The minimum Gasteiger partial charge on any atom is -0.468 e. The summed E-state index contributed by atoms with van der Waals surface area (Å²) in [5, 5.41) is 2.79. The average molecular weight is 593 g/mol. The second-order valence-electron chi connectivity index (χ2n) is 11.1. The van der Waals surface area contributed by atoms with Crippen molar-refractivity contribution in [2.75, 3.05) is 26.8 Å². The van der Waals surface area contributed by atoms with Crippen molar-refractivity contribution in [3.05, 3.63) is 89.5 Å². The number of amides is 1. The molecule has 0 fully saturated rings. The first kappa shape index (κ1) is 31.3. The van der Waals surface area contributed by atoms with Crippen LogP contribution < -0.4 is 5.32 Å². The minimum atomic E-state index is -3.94. The Morgan fingerprint density at radius 1 is 0.905 bits per heavy atom. The van der Waals surface area contributed by atoms with Gasteiger partial charge >= 0.3 is 12.1 Å². The highest BCUT2D eigenvalue weighted by Crippen LogP contribution is 2.44. The molecule has 3 aromatic carbocycles. The molecule has 0 unspecified atom stereocenters. The summed E-state index contributed by atoms with van der Waals surface area (Å²) >= 11 is 0. The molecule has 4 rings (SSSR count). The van der Waals surface area contributed by atoms with Gasteiger partial charge in [0.25, 0.3) is 0 Å². The van der Waals surface area contributed by atoms with E-state index in [4.69, 9.17) is 9.47 Å². The smallest absolute Gasteiger partial charge is 0.407 e. The number of rotatable bonds is 13. The Labute approximate surface area is 249 Å². The minimum absolute atomic E-state index is 0.00684. The number of ether oxygens (including phenoxy) is 2. The van der Waals surface area contributed by atoms with Crippen molar-refractivity contribution < 1.29 is 27.5 Å². The van der Waals surface area contributed by atoms with E-state index in [-0.39, 0.29) is 36.3 Å². The van der Waals surface area contributed by atoms with Crippen LogP contribution in [0, 0.1) is 12.8 Å². The molecular weight excluding hydrogens is 552 g/mol. The van der Waals surface area contributed by atoms with Crippen LogP contribution in [0.4, 0.5) is 4.79 Å². The number of esters is 1. The number of sulfonamides is 1. The Balaban J connectivity index is 1.32. The maximum atomic E-state index is 13.6. The molecule has 0 saturated heterocycles. The van der Waals surface area contributed by atoms with Gasteiger partial charge in [-0.25, -0.2) is 13.2 Å². The van der Waals surface area contributed by atoms with E-state index in [1.54, 1.807) is 24.3 Å². The van der Waals surface area contributed by atoms with Gasteiger partial charge in [0.1, 0.15) is 12.6 Å². The summed E-state index contributed by atoms with van der Waals surface area (Å²) in [6.45, 7) is 6.43. The fourth-order valence-corrected chi connectivity index (χ4v) is 7.19. The first-order chi connectivity index (χ1) is 20.1. The maximum absolute atomic E-state index is 13.6. The second kappa shape index (κ2) is 14.0. The van der Waals surface area contributed by atoms with Crippen molar-refractivity contribution in [3.63, 3.8) is 0 Å². The van der Waals surface area contributed by atoms with Crippen LogP contribution in [0.25, 0.3) is 11.1 Å². The Bertz CT molecular complexity index is 1440. The first-order valence-corrected chi connectivity index (χ1v) is 15.8. The Kier molecular flexibility index (Phi) is 10.4. The molecule has 0 saturated carbocycles. The number of methoxy groups -OCH3 is 1. The number of hydrogen-bond donors (Lipinski definition) is 1. The lowest BCUT2D eigenvalue weighted by molar-refractivity contribution is -0.145. The van der Waals surface area contributed by atoms with Crippen molar-refractivity contribution in [2.45, 2.75) is 56.9 Å². The van der Waals surface area contributed by atoms with Crippen LogP contribution in [0.1, 0.15) is 55.7 Å². The molecule has 8 nitrogen and oxygen atoms in total. The van der Waals surface area contributed by atoms with Gasteiger partial charge in [-0.2, -0.15) is 4.31 Å². The lowest BCUT2D eigenvalue weighted by atomic mass is 9.98. The predicted molar refractivity (Wildman–Crippen MR) is 163 cm³/mol. The topological polar surface area (TPSA) is 102 Å². The highest BCUT2D eigenvalue weighted by molar-refractivity contribution is 7.89. The van der Waals surface area contributed by atoms with Gasteiger partial charge in [-0.05, 0) is 66.5 Å². The second-order valence-corrected chi connectivity index (χ2v) is 13.0. The van der Waals surface area contributed by atoms with Crippen molar-refractivity contribution in [1.29, 1.82) is 0 Å². The van der Waals surface area contributed by atoms with Gasteiger partial charge in [0.2, 0.25) is 10.0 Å². The van der Waals surface area contributed by atoms with Crippen LogP contribution in [0.5, 0.6) is 0 Å². The van der Waals surface area contributed by atoms with Crippen molar-refractivity contribution in [1.82, 2.24) is 9.62 Å². The van der Waals surface area contributed by atoms with Crippen LogP contribution >= 0.6 is 0 Å². The number of aryl methyl sites for hydroxylation is 1. The zero-order chi connectivity index (χ0) is 30.3. The van der Waals surface area contributed by atoms with E-state index in [0.717, 1.165) is 27.8 Å². The van der Waals surface area contributed by atoms with E-state index in [0.29, 0.717) is 19.4 Å². The molecule has 3 aromatic rings. The summed E-state index contributed by atoms with van der Waals surface area (Å²) in [5.41, 5.74) is 5.56. The zero-order valence-electron chi connectivity index (χ0n) is 24.7. The molecular formula is C33H40N2O6S.